The molecule has 0 aromatic heterocycles. The standard InChI is InChI=1S/C16H15Cl2NO5S/c1-24-16(21)5-6-19(13-8-11(17)7-12(18)9-13)25(22,23)15-4-2-3-14(20)10-15/h2-4,7-10,20H,5-6H2,1H3. The third-order valence-electron chi connectivity index (χ3n) is 3.29. The number of halogens is 2. The van der Waals surface area contributed by atoms with Crippen molar-refractivity contribution in [1.29, 1.82) is 0 Å². The highest BCUT2D eigenvalue weighted by atomic mass is 35.5. The van der Waals surface area contributed by atoms with Crippen molar-refractivity contribution in [1.82, 2.24) is 0 Å². The summed E-state index contributed by atoms with van der Waals surface area (Å²) < 4.78 is 31.5. The van der Waals surface area contributed by atoms with Crippen LogP contribution in [0.15, 0.2) is 47.4 Å². The Balaban J connectivity index is 2.51. The van der Waals surface area contributed by atoms with Gasteiger partial charge in [0.15, 0.2) is 0 Å². The van der Waals surface area contributed by atoms with Gasteiger partial charge in [0.2, 0.25) is 0 Å². The van der Waals surface area contributed by atoms with Gasteiger partial charge in [-0.1, -0.05) is 29.3 Å². The molecule has 0 bridgehead atoms. The Morgan fingerprint density at radius 2 is 1.80 bits per heavy atom. The molecule has 134 valence electrons. The van der Waals surface area contributed by atoms with Crippen LogP contribution in [0.3, 0.4) is 0 Å². The molecular weight excluding hydrogens is 389 g/mol. The van der Waals surface area contributed by atoms with Gasteiger partial charge >= 0.3 is 5.97 Å². The number of phenolic OH excluding ortho intramolecular Hbond substituents is 1. The molecule has 2 aromatic rings. The lowest BCUT2D eigenvalue weighted by molar-refractivity contribution is -0.140. The molecule has 0 spiro atoms. The predicted octanol–water partition coefficient (Wildman–Crippen LogP) is 3.46. The Hall–Kier alpha value is -1.96. The second-order valence-electron chi connectivity index (χ2n) is 5.03. The average Bonchev–Trinajstić information content (AvgIpc) is 2.53. The first-order valence-corrected chi connectivity index (χ1v) is 9.28. The highest BCUT2D eigenvalue weighted by Gasteiger charge is 2.26. The molecule has 2 aromatic carbocycles. The first kappa shape index (κ1) is 19.4. The number of sulfonamides is 1. The number of ether oxygens (including phenoxy) is 1. The molecule has 0 atom stereocenters. The van der Waals surface area contributed by atoms with E-state index in [4.69, 9.17) is 23.2 Å². The van der Waals surface area contributed by atoms with Crippen molar-refractivity contribution in [3.05, 3.63) is 52.5 Å². The number of methoxy groups -OCH3 is 1. The van der Waals surface area contributed by atoms with Gasteiger partial charge in [-0.05, 0) is 30.3 Å². The number of benzene rings is 2. The van der Waals surface area contributed by atoms with Crippen LogP contribution in [0.4, 0.5) is 5.69 Å². The maximum Gasteiger partial charge on any atom is 0.307 e. The molecule has 0 fully saturated rings. The topological polar surface area (TPSA) is 83.9 Å². The van der Waals surface area contributed by atoms with Gasteiger partial charge in [0.25, 0.3) is 10.0 Å². The van der Waals surface area contributed by atoms with E-state index in [9.17, 15) is 18.3 Å². The Bertz CT molecular complexity index is 866. The quantitative estimate of drug-likeness (QED) is 0.746. The summed E-state index contributed by atoms with van der Waals surface area (Å²) in [5.41, 5.74) is 0.199. The molecule has 0 radical (unpaired) electrons. The first-order chi connectivity index (χ1) is 11.7. The Morgan fingerprint density at radius 1 is 1.16 bits per heavy atom. The van der Waals surface area contributed by atoms with Gasteiger partial charge in [0, 0.05) is 22.7 Å². The van der Waals surface area contributed by atoms with Gasteiger partial charge in [-0.25, -0.2) is 8.42 Å². The zero-order valence-corrected chi connectivity index (χ0v) is 15.5. The van der Waals surface area contributed by atoms with E-state index in [-0.39, 0.29) is 39.3 Å². The van der Waals surface area contributed by atoms with E-state index < -0.39 is 16.0 Å². The van der Waals surface area contributed by atoms with Crippen molar-refractivity contribution in [3.63, 3.8) is 0 Å². The molecular formula is C16H15Cl2NO5S. The van der Waals surface area contributed by atoms with E-state index in [2.05, 4.69) is 4.74 Å². The first-order valence-electron chi connectivity index (χ1n) is 7.08. The fourth-order valence-electron chi connectivity index (χ4n) is 2.14. The highest BCUT2D eigenvalue weighted by molar-refractivity contribution is 7.92. The molecule has 2 rings (SSSR count). The monoisotopic (exact) mass is 403 g/mol. The molecule has 6 nitrogen and oxygen atoms in total. The fourth-order valence-corrected chi connectivity index (χ4v) is 4.14. The minimum atomic E-state index is -4.07. The maximum atomic E-state index is 13.0. The molecule has 0 saturated heterocycles. The zero-order valence-electron chi connectivity index (χ0n) is 13.1. The lowest BCUT2D eigenvalue weighted by Gasteiger charge is -2.24. The fraction of sp³-hybridized carbons (Fsp3) is 0.188. The summed E-state index contributed by atoms with van der Waals surface area (Å²) in [6, 6.07) is 9.53. The van der Waals surface area contributed by atoms with Crippen LogP contribution >= 0.6 is 23.2 Å². The summed E-state index contributed by atoms with van der Waals surface area (Å²) in [5, 5.41) is 10.1. The second kappa shape index (κ2) is 7.95. The number of nitrogens with zero attached hydrogens (tertiary/aromatic N) is 1. The Kier molecular flexibility index (Phi) is 6.16. The zero-order chi connectivity index (χ0) is 18.6. The Labute approximate surface area is 155 Å². The minimum absolute atomic E-state index is 0.131. The molecule has 25 heavy (non-hydrogen) atoms. The molecule has 1 N–H and O–H groups in total. The highest BCUT2D eigenvalue weighted by Crippen LogP contribution is 2.30. The van der Waals surface area contributed by atoms with E-state index in [1.165, 1.54) is 43.5 Å². The van der Waals surface area contributed by atoms with E-state index >= 15 is 0 Å². The van der Waals surface area contributed by atoms with Crippen molar-refractivity contribution in [2.75, 3.05) is 18.0 Å². The third kappa shape index (κ3) is 4.78. The van der Waals surface area contributed by atoms with E-state index in [0.29, 0.717) is 0 Å². The number of anilines is 1. The molecule has 0 aliphatic rings. The van der Waals surface area contributed by atoms with Gasteiger partial charge in [0.1, 0.15) is 5.75 Å². The van der Waals surface area contributed by atoms with Crippen molar-refractivity contribution in [2.24, 2.45) is 0 Å². The third-order valence-corrected chi connectivity index (χ3v) is 5.55. The van der Waals surface area contributed by atoms with E-state index in [0.717, 1.165) is 10.4 Å². The summed E-state index contributed by atoms with van der Waals surface area (Å²) in [4.78, 5) is 11.3. The molecule has 0 unspecified atom stereocenters. The number of esters is 1. The molecule has 0 aliphatic carbocycles. The van der Waals surface area contributed by atoms with Gasteiger partial charge in [0.05, 0.1) is 24.1 Å². The minimum Gasteiger partial charge on any atom is -0.508 e. The smallest absolute Gasteiger partial charge is 0.307 e. The van der Waals surface area contributed by atoms with Gasteiger partial charge in [-0.15, -0.1) is 0 Å². The number of hydrogen-bond donors (Lipinski definition) is 1. The van der Waals surface area contributed by atoms with Crippen molar-refractivity contribution in [3.8, 4) is 5.75 Å². The van der Waals surface area contributed by atoms with Gasteiger partial charge in [-0.2, -0.15) is 0 Å². The molecule has 0 heterocycles. The lowest BCUT2D eigenvalue weighted by atomic mass is 10.3. The summed E-state index contributed by atoms with van der Waals surface area (Å²) in [7, 11) is -2.85. The van der Waals surface area contributed by atoms with Crippen molar-refractivity contribution in [2.45, 2.75) is 11.3 Å². The lowest BCUT2D eigenvalue weighted by Crippen LogP contribution is -2.33. The molecule has 9 heteroatoms. The largest absolute Gasteiger partial charge is 0.508 e. The van der Waals surface area contributed by atoms with E-state index in [1.807, 2.05) is 0 Å². The normalized spacial score (nSPS) is 11.2. The predicted molar refractivity (Wildman–Crippen MR) is 95.7 cm³/mol. The van der Waals surface area contributed by atoms with Crippen LogP contribution in [0.1, 0.15) is 6.42 Å². The summed E-state index contributed by atoms with van der Waals surface area (Å²) >= 11 is 11.9. The number of aromatic hydroxyl groups is 1. The van der Waals surface area contributed by atoms with Crippen LogP contribution in [0.5, 0.6) is 5.75 Å². The van der Waals surface area contributed by atoms with Crippen LogP contribution < -0.4 is 4.31 Å². The SMILES string of the molecule is COC(=O)CCN(c1cc(Cl)cc(Cl)c1)S(=O)(=O)c1cccc(O)c1. The van der Waals surface area contributed by atoms with Crippen LogP contribution in [0, 0.1) is 0 Å². The summed E-state index contributed by atoms with van der Waals surface area (Å²) in [6.45, 7) is -0.179. The van der Waals surface area contributed by atoms with E-state index in [1.54, 1.807) is 0 Å². The van der Waals surface area contributed by atoms with Crippen LogP contribution in [0.25, 0.3) is 0 Å². The maximum absolute atomic E-state index is 13.0. The van der Waals surface area contributed by atoms with Crippen molar-refractivity contribution >= 4 is 44.9 Å². The van der Waals surface area contributed by atoms with Crippen LogP contribution in [-0.2, 0) is 19.6 Å². The summed E-state index contributed by atoms with van der Waals surface area (Å²) in [5.74, 6) is -0.762. The van der Waals surface area contributed by atoms with Crippen LogP contribution in [0.2, 0.25) is 10.0 Å². The van der Waals surface area contributed by atoms with Gasteiger partial charge in [-0.3, -0.25) is 9.10 Å². The number of rotatable bonds is 6. The molecule has 0 saturated carbocycles. The number of carbonyl (C=O) groups excluding carboxylic acids is 1. The number of hydrogen-bond acceptors (Lipinski definition) is 5. The molecule has 0 amide bonds. The Morgan fingerprint density at radius 3 is 2.36 bits per heavy atom. The second-order valence-corrected chi connectivity index (χ2v) is 7.76. The van der Waals surface area contributed by atoms with Crippen molar-refractivity contribution < 1.29 is 23.1 Å². The van der Waals surface area contributed by atoms with Crippen LogP contribution in [-0.4, -0.2) is 33.1 Å². The number of phenols is 1. The average molecular weight is 404 g/mol. The number of carbonyl (C=O) groups is 1. The molecule has 0 aliphatic heterocycles. The van der Waals surface area contributed by atoms with Gasteiger partial charge < -0.3 is 9.84 Å². The summed E-state index contributed by atoms with van der Waals surface area (Å²) in [6.07, 6.45) is -0.168.